The van der Waals surface area contributed by atoms with Gasteiger partial charge in [0.1, 0.15) is 11.5 Å². The molecular formula is C20H20ClNO3. The van der Waals surface area contributed by atoms with Gasteiger partial charge in [0.2, 0.25) is 0 Å². The molecule has 130 valence electrons. The average molecular weight is 358 g/mol. The molecule has 5 heteroatoms. The monoisotopic (exact) mass is 357 g/mol. The second-order valence-corrected chi connectivity index (χ2v) is 7.00. The van der Waals surface area contributed by atoms with Crippen molar-refractivity contribution >= 4 is 23.2 Å². The molecule has 0 bridgehead atoms. The summed E-state index contributed by atoms with van der Waals surface area (Å²) >= 11 is 6.06. The second kappa shape index (κ2) is 6.26. The standard InChI is InChI=1S/C20H20ClNO3/c1-12-5-7-17(24-2)19-15(12)4-3-9-22(19)20(23)18-11-13-10-14(21)6-8-16(13)25-18/h5-8,10,18H,3-4,9,11H2,1-2H3. The summed E-state index contributed by atoms with van der Waals surface area (Å²) in [6.45, 7) is 2.76. The Hall–Kier alpha value is -2.20. The number of methoxy groups -OCH3 is 1. The summed E-state index contributed by atoms with van der Waals surface area (Å²) < 4.78 is 11.4. The Morgan fingerprint density at radius 2 is 2.16 bits per heavy atom. The van der Waals surface area contributed by atoms with Crippen molar-refractivity contribution in [3.05, 3.63) is 52.0 Å². The highest BCUT2D eigenvalue weighted by molar-refractivity contribution is 6.30. The van der Waals surface area contributed by atoms with Crippen molar-refractivity contribution in [2.45, 2.75) is 32.3 Å². The number of halogens is 1. The Bertz CT molecular complexity index is 849. The summed E-state index contributed by atoms with van der Waals surface area (Å²) in [5.41, 5.74) is 4.27. The zero-order valence-corrected chi connectivity index (χ0v) is 15.1. The molecule has 4 nitrogen and oxygen atoms in total. The van der Waals surface area contributed by atoms with Crippen LogP contribution in [-0.4, -0.2) is 25.7 Å². The van der Waals surface area contributed by atoms with Crippen molar-refractivity contribution in [2.24, 2.45) is 0 Å². The van der Waals surface area contributed by atoms with E-state index in [4.69, 9.17) is 21.1 Å². The maximum atomic E-state index is 13.2. The van der Waals surface area contributed by atoms with Crippen LogP contribution >= 0.6 is 11.6 Å². The summed E-state index contributed by atoms with van der Waals surface area (Å²) in [5.74, 6) is 1.47. The molecule has 2 aromatic carbocycles. The first-order chi connectivity index (χ1) is 12.1. The van der Waals surface area contributed by atoms with E-state index in [0.717, 1.165) is 35.6 Å². The van der Waals surface area contributed by atoms with Gasteiger partial charge in [-0.3, -0.25) is 4.79 Å². The number of aryl methyl sites for hydroxylation is 1. The van der Waals surface area contributed by atoms with Gasteiger partial charge in [-0.2, -0.15) is 0 Å². The minimum Gasteiger partial charge on any atom is -0.495 e. The van der Waals surface area contributed by atoms with Crippen LogP contribution < -0.4 is 14.4 Å². The van der Waals surface area contributed by atoms with Crippen molar-refractivity contribution in [3.8, 4) is 11.5 Å². The minimum atomic E-state index is -0.510. The first-order valence-corrected chi connectivity index (χ1v) is 8.89. The number of carbonyl (C=O) groups excluding carboxylic acids is 1. The maximum absolute atomic E-state index is 13.2. The van der Waals surface area contributed by atoms with Gasteiger partial charge < -0.3 is 14.4 Å². The zero-order valence-electron chi connectivity index (χ0n) is 14.3. The number of anilines is 1. The molecule has 1 atom stereocenters. The van der Waals surface area contributed by atoms with E-state index in [1.807, 2.05) is 23.1 Å². The van der Waals surface area contributed by atoms with Gasteiger partial charge in [0.25, 0.3) is 5.91 Å². The van der Waals surface area contributed by atoms with Gasteiger partial charge >= 0.3 is 0 Å². The molecule has 2 aliphatic rings. The Kier molecular flexibility index (Phi) is 4.08. The zero-order chi connectivity index (χ0) is 17.6. The Morgan fingerprint density at radius 3 is 2.96 bits per heavy atom. The van der Waals surface area contributed by atoms with Gasteiger partial charge in [-0.1, -0.05) is 17.7 Å². The molecule has 0 saturated heterocycles. The molecular weight excluding hydrogens is 338 g/mol. The SMILES string of the molecule is COc1ccc(C)c2c1N(C(=O)C1Cc3cc(Cl)ccc3O1)CCC2. The van der Waals surface area contributed by atoms with Crippen molar-refractivity contribution in [1.82, 2.24) is 0 Å². The third-order valence-corrected chi connectivity index (χ3v) is 5.25. The highest BCUT2D eigenvalue weighted by Crippen LogP contribution is 2.40. The fraction of sp³-hybridized carbons (Fsp3) is 0.350. The molecule has 2 aromatic rings. The largest absolute Gasteiger partial charge is 0.495 e. The highest BCUT2D eigenvalue weighted by atomic mass is 35.5. The summed E-state index contributed by atoms with van der Waals surface area (Å²) in [6.07, 6.45) is 1.95. The topological polar surface area (TPSA) is 38.8 Å². The lowest BCUT2D eigenvalue weighted by molar-refractivity contribution is -0.124. The van der Waals surface area contributed by atoms with Gasteiger partial charge in [0, 0.05) is 18.0 Å². The number of benzene rings is 2. The molecule has 25 heavy (non-hydrogen) atoms. The smallest absolute Gasteiger partial charge is 0.268 e. The van der Waals surface area contributed by atoms with Gasteiger partial charge in [0.05, 0.1) is 12.8 Å². The lowest BCUT2D eigenvalue weighted by Crippen LogP contribution is -2.44. The maximum Gasteiger partial charge on any atom is 0.268 e. The van der Waals surface area contributed by atoms with Crippen LogP contribution in [-0.2, 0) is 17.6 Å². The number of amides is 1. The first kappa shape index (κ1) is 16.3. The van der Waals surface area contributed by atoms with Gasteiger partial charge in [-0.15, -0.1) is 0 Å². The average Bonchev–Trinajstić information content (AvgIpc) is 3.04. The minimum absolute atomic E-state index is 0.0165. The van der Waals surface area contributed by atoms with E-state index in [-0.39, 0.29) is 5.91 Å². The number of ether oxygens (including phenoxy) is 2. The van der Waals surface area contributed by atoms with Crippen LogP contribution in [0.1, 0.15) is 23.1 Å². The lowest BCUT2D eigenvalue weighted by Gasteiger charge is -2.33. The van der Waals surface area contributed by atoms with E-state index in [1.54, 1.807) is 13.2 Å². The summed E-state index contributed by atoms with van der Waals surface area (Å²) in [4.78, 5) is 15.0. The predicted octanol–water partition coefficient (Wildman–Crippen LogP) is 3.94. The fourth-order valence-electron chi connectivity index (χ4n) is 3.77. The molecule has 0 fully saturated rings. The van der Waals surface area contributed by atoms with Crippen LogP contribution in [0, 0.1) is 6.92 Å². The number of carbonyl (C=O) groups is 1. The molecule has 2 heterocycles. The third-order valence-electron chi connectivity index (χ3n) is 5.02. The number of fused-ring (bicyclic) bond motifs is 2. The van der Waals surface area contributed by atoms with E-state index < -0.39 is 6.10 Å². The quantitative estimate of drug-likeness (QED) is 0.817. The van der Waals surface area contributed by atoms with Crippen LogP contribution in [0.15, 0.2) is 30.3 Å². The third kappa shape index (κ3) is 2.74. The normalized spacial score (nSPS) is 18.4. The van der Waals surface area contributed by atoms with Crippen LogP contribution in [0.5, 0.6) is 11.5 Å². The summed E-state index contributed by atoms with van der Waals surface area (Å²) in [6, 6.07) is 9.48. The number of nitrogens with zero attached hydrogens (tertiary/aromatic N) is 1. The van der Waals surface area contributed by atoms with E-state index in [9.17, 15) is 4.79 Å². The summed E-state index contributed by atoms with van der Waals surface area (Å²) in [5, 5.41) is 0.663. The van der Waals surface area contributed by atoms with Crippen LogP contribution in [0.4, 0.5) is 5.69 Å². The van der Waals surface area contributed by atoms with E-state index in [0.29, 0.717) is 18.0 Å². The first-order valence-electron chi connectivity index (χ1n) is 8.51. The van der Waals surface area contributed by atoms with Crippen LogP contribution in [0.25, 0.3) is 0 Å². The van der Waals surface area contributed by atoms with Gasteiger partial charge in [-0.05, 0) is 60.7 Å². The fourth-order valence-corrected chi connectivity index (χ4v) is 3.96. The number of hydrogen-bond donors (Lipinski definition) is 0. The van der Waals surface area contributed by atoms with Gasteiger partial charge in [0.15, 0.2) is 6.10 Å². The van der Waals surface area contributed by atoms with Crippen molar-refractivity contribution in [1.29, 1.82) is 0 Å². The molecule has 0 spiro atoms. The number of hydrogen-bond acceptors (Lipinski definition) is 3. The van der Waals surface area contributed by atoms with Crippen molar-refractivity contribution in [2.75, 3.05) is 18.6 Å². The molecule has 0 saturated carbocycles. The highest BCUT2D eigenvalue weighted by Gasteiger charge is 2.36. The van der Waals surface area contributed by atoms with Gasteiger partial charge in [-0.25, -0.2) is 0 Å². The van der Waals surface area contributed by atoms with Crippen LogP contribution in [0.2, 0.25) is 5.02 Å². The Balaban J connectivity index is 1.66. The molecule has 0 N–H and O–H groups in total. The lowest BCUT2D eigenvalue weighted by atomic mass is 9.95. The molecule has 4 rings (SSSR count). The summed E-state index contributed by atoms with van der Waals surface area (Å²) in [7, 11) is 1.64. The Morgan fingerprint density at radius 1 is 1.32 bits per heavy atom. The molecule has 0 aromatic heterocycles. The number of rotatable bonds is 2. The predicted molar refractivity (Wildman–Crippen MR) is 98.0 cm³/mol. The van der Waals surface area contributed by atoms with Crippen molar-refractivity contribution in [3.63, 3.8) is 0 Å². The van der Waals surface area contributed by atoms with E-state index in [1.165, 1.54) is 11.1 Å². The second-order valence-electron chi connectivity index (χ2n) is 6.57. The Labute approximate surface area is 152 Å². The van der Waals surface area contributed by atoms with E-state index >= 15 is 0 Å². The molecule has 0 aliphatic carbocycles. The van der Waals surface area contributed by atoms with Crippen LogP contribution in [0.3, 0.4) is 0 Å². The molecule has 0 radical (unpaired) electrons. The molecule has 1 amide bonds. The molecule has 2 aliphatic heterocycles. The molecule has 1 unspecified atom stereocenters. The van der Waals surface area contributed by atoms with Crippen molar-refractivity contribution < 1.29 is 14.3 Å². The van der Waals surface area contributed by atoms with E-state index in [2.05, 4.69) is 13.0 Å².